The van der Waals surface area contributed by atoms with E-state index in [-0.39, 0.29) is 16.6 Å². The highest BCUT2D eigenvalue weighted by atomic mass is 127. The van der Waals surface area contributed by atoms with Crippen LogP contribution in [0.15, 0.2) is 12.1 Å². The Bertz CT molecular complexity index is 728. The second kappa shape index (κ2) is 3.81. The van der Waals surface area contributed by atoms with Gasteiger partial charge in [0.2, 0.25) is 0 Å². The van der Waals surface area contributed by atoms with Gasteiger partial charge in [0.25, 0.3) is 0 Å². The Hall–Kier alpha value is -0.430. The van der Waals surface area contributed by atoms with Crippen LogP contribution in [0.25, 0.3) is 11.0 Å². The summed E-state index contributed by atoms with van der Waals surface area (Å²) in [6.45, 7) is 8.95. The molecular formula is C14H16FIN2S. The van der Waals surface area contributed by atoms with Gasteiger partial charge in [-0.1, -0.05) is 27.7 Å². The van der Waals surface area contributed by atoms with Crippen LogP contribution in [0.1, 0.15) is 33.7 Å². The third kappa shape index (κ3) is 1.67. The Morgan fingerprint density at radius 1 is 1.26 bits per heavy atom. The van der Waals surface area contributed by atoms with E-state index >= 15 is 0 Å². The normalized spacial score (nSPS) is 20.9. The highest BCUT2D eigenvalue weighted by molar-refractivity contribution is 14.1. The summed E-state index contributed by atoms with van der Waals surface area (Å²) in [6, 6.07) is 3.72. The zero-order chi connectivity index (χ0) is 14.2. The summed E-state index contributed by atoms with van der Waals surface area (Å²) < 4.78 is 17.2. The predicted octanol–water partition coefficient (Wildman–Crippen LogP) is 5.05. The van der Waals surface area contributed by atoms with E-state index < -0.39 is 0 Å². The zero-order valence-electron chi connectivity index (χ0n) is 11.3. The van der Waals surface area contributed by atoms with Gasteiger partial charge in [0.1, 0.15) is 5.82 Å². The first kappa shape index (κ1) is 13.5. The summed E-state index contributed by atoms with van der Waals surface area (Å²) >= 11 is 7.45. The van der Waals surface area contributed by atoms with E-state index in [9.17, 15) is 4.39 Å². The number of hydrogen-bond donors (Lipinski definition) is 1. The van der Waals surface area contributed by atoms with Crippen molar-refractivity contribution in [1.82, 2.24) is 9.55 Å². The van der Waals surface area contributed by atoms with E-state index in [0.717, 1.165) is 11.0 Å². The van der Waals surface area contributed by atoms with Crippen molar-refractivity contribution >= 4 is 45.8 Å². The number of imidazole rings is 1. The molecule has 19 heavy (non-hydrogen) atoms. The molecule has 3 rings (SSSR count). The lowest BCUT2D eigenvalue weighted by molar-refractivity contribution is 0.457. The average Bonchev–Trinajstić information content (AvgIpc) is 2.54. The molecule has 1 aliphatic carbocycles. The lowest BCUT2D eigenvalue weighted by Crippen LogP contribution is -2.01. The molecule has 0 unspecified atom stereocenters. The smallest absolute Gasteiger partial charge is 0.178 e. The first-order chi connectivity index (χ1) is 8.68. The third-order valence-corrected chi connectivity index (χ3v) is 6.09. The maximum atomic E-state index is 13.8. The molecule has 1 saturated carbocycles. The minimum Gasteiger partial charge on any atom is -0.331 e. The van der Waals surface area contributed by atoms with Gasteiger partial charge in [-0.15, -0.1) is 0 Å². The molecule has 0 amide bonds. The second-order valence-electron chi connectivity index (χ2n) is 6.43. The van der Waals surface area contributed by atoms with E-state index in [2.05, 4.69) is 37.2 Å². The van der Waals surface area contributed by atoms with Gasteiger partial charge in [0, 0.05) is 12.1 Å². The van der Waals surface area contributed by atoms with Gasteiger partial charge in [-0.25, -0.2) is 4.39 Å². The molecule has 0 bridgehead atoms. The number of H-pyrrole nitrogens is 1. The van der Waals surface area contributed by atoms with Crippen molar-refractivity contribution in [2.24, 2.45) is 10.8 Å². The SMILES string of the molecule is CC1(C)C(n2c(=S)[nH]c3cc(I)c(F)cc32)C1(C)C. The molecule has 1 aromatic carbocycles. The zero-order valence-corrected chi connectivity index (χ0v) is 14.3. The topological polar surface area (TPSA) is 20.7 Å². The molecule has 2 nitrogen and oxygen atoms in total. The van der Waals surface area contributed by atoms with Crippen LogP contribution < -0.4 is 0 Å². The van der Waals surface area contributed by atoms with Crippen molar-refractivity contribution in [2.75, 3.05) is 0 Å². The summed E-state index contributed by atoms with van der Waals surface area (Å²) in [5.74, 6) is -0.188. The Labute approximate surface area is 130 Å². The van der Waals surface area contributed by atoms with Crippen LogP contribution >= 0.6 is 34.8 Å². The molecule has 0 saturated heterocycles. The maximum absolute atomic E-state index is 13.8. The number of aromatic nitrogens is 2. The predicted molar refractivity (Wildman–Crippen MR) is 86.4 cm³/mol. The average molecular weight is 390 g/mol. The van der Waals surface area contributed by atoms with Gasteiger partial charge >= 0.3 is 0 Å². The molecule has 0 spiro atoms. The van der Waals surface area contributed by atoms with Gasteiger partial charge in [-0.2, -0.15) is 0 Å². The summed E-state index contributed by atoms with van der Waals surface area (Å²) in [5, 5.41) is 0. The second-order valence-corrected chi connectivity index (χ2v) is 7.98. The molecule has 102 valence electrons. The molecule has 1 aromatic heterocycles. The number of nitrogens with zero attached hydrogens (tertiary/aromatic N) is 1. The van der Waals surface area contributed by atoms with Crippen LogP contribution in [0.3, 0.4) is 0 Å². The molecular weight excluding hydrogens is 374 g/mol. The summed E-state index contributed by atoms with van der Waals surface area (Å²) in [6.07, 6.45) is 0. The molecule has 0 atom stereocenters. The Kier molecular flexibility index (Phi) is 2.72. The molecule has 0 radical (unpaired) electrons. The van der Waals surface area contributed by atoms with E-state index in [0.29, 0.717) is 14.4 Å². The van der Waals surface area contributed by atoms with Crippen LogP contribution in [0.5, 0.6) is 0 Å². The van der Waals surface area contributed by atoms with Crippen LogP contribution in [0, 0.1) is 25.0 Å². The van der Waals surface area contributed by atoms with Crippen LogP contribution in [-0.2, 0) is 0 Å². The van der Waals surface area contributed by atoms with Gasteiger partial charge in [0.05, 0.1) is 14.6 Å². The third-order valence-electron chi connectivity index (χ3n) is 4.96. The number of rotatable bonds is 1. The molecule has 2 aromatic rings. The maximum Gasteiger partial charge on any atom is 0.178 e. The fourth-order valence-electron chi connectivity index (χ4n) is 3.18. The molecule has 5 heteroatoms. The highest BCUT2D eigenvalue weighted by Gasteiger charge is 2.66. The van der Waals surface area contributed by atoms with Crippen molar-refractivity contribution in [2.45, 2.75) is 33.7 Å². The van der Waals surface area contributed by atoms with E-state index in [1.165, 1.54) is 0 Å². The van der Waals surface area contributed by atoms with Crippen molar-refractivity contribution in [3.63, 3.8) is 0 Å². The van der Waals surface area contributed by atoms with Crippen LogP contribution in [0.4, 0.5) is 4.39 Å². The number of fused-ring (bicyclic) bond motifs is 1. The lowest BCUT2D eigenvalue weighted by Gasteiger charge is -2.07. The molecule has 1 N–H and O–H groups in total. The van der Waals surface area contributed by atoms with Crippen molar-refractivity contribution < 1.29 is 4.39 Å². The summed E-state index contributed by atoms with van der Waals surface area (Å²) in [7, 11) is 0. The van der Waals surface area contributed by atoms with E-state index in [1.54, 1.807) is 6.07 Å². The molecule has 1 aliphatic rings. The minimum atomic E-state index is -0.188. The first-order valence-electron chi connectivity index (χ1n) is 6.27. The lowest BCUT2D eigenvalue weighted by atomic mass is 10.0. The van der Waals surface area contributed by atoms with Crippen LogP contribution in [-0.4, -0.2) is 9.55 Å². The fourth-order valence-corrected chi connectivity index (χ4v) is 3.96. The fraction of sp³-hybridized carbons (Fsp3) is 0.500. The number of aromatic amines is 1. The number of benzene rings is 1. The summed E-state index contributed by atoms with van der Waals surface area (Å²) in [4.78, 5) is 3.20. The molecule has 0 aliphatic heterocycles. The van der Waals surface area contributed by atoms with E-state index in [1.807, 2.05) is 28.7 Å². The number of halogens is 2. The summed E-state index contributed by atoms with van der Waals surface area (Å²) in [5.41, 5.74) is 2.11. The number of nitrogens with one attached hydrogen (secondary N) is 1. The van der Waals surface area contributed by atoms with Crippen LogP contribution in [0.2, 0.25) is 0 Å². The van der Waals surface area contributed by atoms with Gasteiger partial charge in [-0.3, -0.25) is 0 Å². The molecule has 1 fully saturated rings. The van der Waals surface area contributed by atoms with E-state index in [4.69, 9.17) is 12.2 Å². The largest absolute Gasteiger partial charge is 0.331 e. The monoisotopic (exact) mass is 390 g/mol. The quantitative estimate of drug-likeness (QED) is 0.534. The first-order valence-corrected chi connectivity index (χ1v) is 7.76. The Balaban J connectivity index is 2.29. The van der Waals surface area contributed by atoms with Gasteiger partial charge in [0.15, 0.2) is 4.77 Å². The van der Waals surface area contributed by atoms with Gasteiger partial charge in [-0.05, 0) is 51.7 Å². The standard InChI is InChI=1S/C14H16FIN2S/c1-13(2)11(14(13,3)4)18-10-5-7(15)8(16)6-9(10)17-12(18)19/h5-6,11H,1-4H3,(H,17,19). The Morgan fingerprint density at radius 3 is 2.37 bits per heavy atom. The Morgan fingerprint density at radius 2 is 1.84 bits per heavy atom. The van der Waals surface area contributed by atoms with Crippen molar-refractivity contribution in [3.8, 4) is 0 Å². The van der Waals surface area contributed by atoms with Gasteiger partial charge < -0.3 is 9.55 Å². The highest BCUT2D eigenvalue weighted by Crippen LogP contribution is 2.71. The number of hydrogen-bond acceptors (Lipinski definition) is 1. The minimum absolute atomic E-state index is 0.166. The molecule has 1 heterocycles. The van der Waals surface area contributed by atoms with Crippen molar-refractivity contribution in [1.29, 1.82) is 0 Å². The van der Waals surface area contributed by atoms with Crippen molar-refractivity contribution in [3.05, 3.63) is 26.3 Å².